The minimum Gasteiger partial charge on any atom is -0.335 e. The van der Waals surface area contributed by atoms with Crippen LogP contribution in [0.25, 0.3) is 0 Å². The lowest BCUT2D eigenvalue weighted by atomic mass is 10.3. The van der Waals surface area contributed by atoms with E-state index in [-0.39, 0.29) is 48.2 Å². The van der Waals surface area contributed by atoms with E-state index in [1.807, 2.05) is 6.92 Å². The minimum absolute atomic E-state index is 0.132. The average molecular weight is 425 g/mol. The number of nitrogens with zero attached hydrogens (tertiary/aromatic N) is 4. The van der Waals surface area contributed by atoms with Gasteiger partial charge in [-0.05, 0) is 30.7 Å². The largest absolute Gasteiger partial charge is 0.335 e. The Labute approximate surface area is 168 Å². The van der Waals surface area contributed by atoms with Crippen LogP contribution in [0.5, 0.6) is 0 Å². The van der Waals surface area contributed by atoms with Gasteiger partial charge in [0, 0.05) is 43.8 Å². The van der Waals surface area contributed by atoms with Crippen LogP contribution in [0.4, 0.5) is 0 Å². The molecule has 1 aliphatic heterocycles. The smallest absolute Gasteiger partial charge is 0.274 e. The number of aromatic nitrogens is 2. The van der Waals surface area contributed by atoms with Crippen molar-refractivity contribution in [2.24, 2.45) is 0 Å². The predicted molar refractivity (Wildman–Crippen MR) is 105 cm³/mol. The van der Waals surface area contributed by atoms with E-state index in [0.29, 0.717) is 11.6 Å². The topological polar surface area (TPSA) is 92.6 Å². The number of rotatable bonds is 5. The summed E-state index contributed by atoms with van der Waals surface area (Å²) in [6.45, 7) is 3.19. The highest BCUT2D eigenvalue weighted by atomic mass is 35.5. The molecule has 0 atom stereocenters. The number of sulfonamides is 1. The number of carbonyl (C=O) groups excluding carboxylic acids is 1. The molecule has 0 radical (unpaired) electrons. The first-order valence-electron chi connectivity index (χ1n) is 8.96. The summed E-state index contributed by atoms with van der Waals surface area (Å²) in [5, 5.41) is 4.48. The second kappa shape index (κ2) is 8.42. The van der Waals surface area contributed by atoms with Crippen molar-refractivity contribution in [3.05, 3.63) is 57.5 Å². The van der Waals surface area contributed by atoms with Crippen LogP contribution in [0.15, 0.2) is 46.1 Å². The monoisotopic (exact) mass is 424 g/mol. The lowest BCUT2D eigenvalue weighted by molar-refractivity contribution is 0.0689. The van der Waals surface area contributed by atoms with E-state index in [9.17, 15) is 18.0 Å². The average Bonchev–Trinajstić information content (AvgIpc) is 2.69. The number of amides is 1. The van der Waals surface area contributed by atoms with Crippen LogP contribution in [0.1, 0.15) is 23.8 Å². The number of benzene rings is 1. The van der Waals surface area contributed by atoms with Gasteiger partial charge < -0.3 is 4.90 Å². The van der Waals surface area contributed by atoms with Crippen molar-refractivity contribution in [1.29, 1.82) is 0 Å². The Balaban J connectivity index is 1.71. The second-order valence-electron chi connectivity index (χ2n) is 6.43. The third kappa shape index (κ3) is 4.26. The molecule has 0 bridgehead atoms. The standard InChI is InChI=1S/C18H21ClN4O4S/c1-2-8-23-17(24)7-6-16(20-23)18(25)21-9-11-22(12-10-21)28(26,27)15-5-3-4-14(19)13-15/h3-7,13H,2,8-12H2,1H3. The predicted octanol–water partition coefficient (Wildman–Crippen LogP) is 1.45. The molecule has 1 aromatic carbocycles. The van der Waals surface area contributed by atoms with Crippen LogP contribution in [0.3, 0.4) is 0 Å². The zero-order valence-corrected chi connectivity index (χ0v) is 17.0. The molecule has 1 aliphatic rings. The number of hydrogen-bond donors (Lipinski definition) is 0. The normalized spacial score (nSPS) is 15.6. The molecule has 3 rings (SSSR count). The molecular weight excluding hydrogens is 404 g/mol. The maximum Gasteiger partial charge on any atom is 0.274 e. The molecule has 1 saturated heterocycles. The van der Waals surface area contributed by atoms with Crippen LogP contribution >= 0.6 is 11.6 Å². The van der Waals surface area contributed by atoms with Gasteiger partial charge in [-0.25, -0.2) is 13.1 Å². The van der Waals surface area contributed by atoms with Crippen molar-refractivity contribution in [1.82, 2.24) is 19.0 Å². The number of carbonyl (C=O) groups is 1. The zero-order chi connectivity index (χ0) is 20.3. The Morgan fingerprint density at radius 1 is 1.14 bits per heavy atom. The fraction of sp³-hybridized carbons (Fsp3) is 0.389. The van der Waals surface area contributed by atoms with E-state index >= 15 is 0 Å². The summed E-state index contributed by atoms with van der Waals surface area (Å²) in [6.07, 6.45) is 0.727. The summed E-state index contributed by atoms with van der Waals surface area (Å²) >= 11 is 5.90. The molecule has 10 heteroatoms. The number of hydrogen-bond acceptors (Lipinski definition) is 5. The van der Waals surface area contributed by atoms with E-state index in [1.165, 1.54) is 33.3 Å². The molecule has 0 aliphatic carbocycles. The van der Waals surface area contributed by atoms with Gasteiger partial charge in [-0.2, -0.15) is 9.40 Å². The molecule has 0 N–H and O–H groups in total. The molecule has 2 aromatic rings. The van der Waals surface area contributed by atoms with Crippen LogP contribution in [0.2, 0.25) is 5.02 Å². The van der Waals surface area contributed by atoms with Gasteiger partial charge in [0.25, 0.3) is 11.5 Å². The van der Waals surface area contributed by atoms with Crippen molar-refractivity contribution < 1.29 is 13.2 Å². The van der Waals surface area contributed by atoms with Gasteiger partial charge in [-0.15, -0.1) is 0 Å². The quantitative estimate of drug-likeness (QED) is 0.724. The fourth-order valence-electron chi connectivity index (χ4n) is 3.01. The summed E-state index contributed by atoms with van der Waals surface area (Å²) in [7, 11) is -3.67. The van der Waals surface area contributed by atoms with Crippen molar-refractivity contribution in [3.63, 3.8) is 0 Å². The molecular formula is C18H21ClN4O4S. The molecule has 150 valence electrons. The van der Waals surface area contributed by atoms with Crippen LogP contribution in [-0.4, -0.2) is 59.5 Å². The molecule has 28 heavy (non-hydrogen) atoms. The Morgan fingerprint density at radius 3 is 2.50 bits per heavy atom. The highest BCUT2D eigenvalue weighted by Gasteiger charge is 2.31. The van der Waals surface area contributed by atoms with Crippen molar-refractivity contribution in [3.8, 4) is 0 Å². The summed E-state index contributed by atoms with van der Waals surface area (Å²) in [4.78, 5) is 26.1. The van der Waals surface area contributed by atoms with Crippen LogP contribution < -0.4 is 5.56 Å². The van der Waals surface area contributed by atoms with E-state index < -0.39 is 10.0 Å². The van der Waals surface area contributed by atoms with Crippen LogP contribution in [-0.2, 0) is 16.6 Å². The molecule has 0 unspecified atom stereocenters. The van der Waals surface area contributed by atoms with Gasteiger partial charge in [-0.1, -0.05) is 24.6 Å². The van der Waals surface area contributed by atoms with E-state index in [2.05, 4.69) is 5.10 Å². The van der Waals surface area contributed by atoms with Crippen molar-refractivity contribution >= 4 is 27.5 Å². The second-order valence-corrected chi connectivity index (χ2v) is 8.81. The van der Waals surface area contributed by atoms with Gasteiger partial charge >= 0.3 is 0 Å². The number of halogens is 1. The Bertz CT molecular complexity index is 1030. The summed E-state index contributed by atoms with van der Waals surface area (Å²) in [5.41, 5.74) is -0.0740. The molecule has 0 saturated carbocycles. The first-order chi connectivity index (χ1) is 13.3. The highest BCUT2D eigenvalue weighted by Crippen LogP contribution is 2.21. The molecule has 1 amide bonds. The van der Waals surface area contributed by atoms with Gasteiger partial charge in [0.2, 0.25) is 10.0 Å². The summed E-state index contributed by atoms with van der Waals surface area (Å²) in [6, 6.07) is 8.85. The van der Waals surface area contributed by atoms with Gasteiger partial charge in [0.05, 0.1) is 4.90 Å². The van der Waals surface area contributed by atoms with E-state index in [0.717, 1.165) is 6.42 Å². The van der Waals surface area contributed by atoms with Gasteiger partial charge in [0.15, 0.2) is 0 Å². The first kappa shape index (κ1) is 20.5. The van der Waals surface area contributed by atoms with Crippen LogP contribution in [0, 0.1) is 0 Å². The van der Waals surface area contributed by atoms with E-state index in [4.69, 9.17) is 11.6 Å². The van der Waals surface area contributed by atoms with E-state index in [1.54, 1.807) is 17.0 Å². The minimum atomic E-state index is -3.67. The van der Waals surface area contributed by atoms with Gasteiger partial charge in [0.1, 0.15) is 5.69 Å². The molecule has 2 heterocycles. The maximum absolute atomic E-state index is 12.8. The lowest BCUT2D eigenvalue weighted by Crippen LogP contribution is -2.50. The number of piperazine rings is 1. The van der Waals surface area contributed by atoms with Crippen molar-refractivity contribution in [2.75, 3.05) is 26.2 Å². The molecule has 1 aromatic heterocycles. The SMILES string of the molecule is CCCn1nc(C(=O)N2CCN(S(=O)(=O)c3cccc(Cl)c3)CC2)ccc1=O. The molecule has 1 fully saturated rings. The highest BCUT2D eigenvalue weighted by molar-refractivity contribution is 7.89. The first-order valence-corrected chi connectivity index (χ1v) is 10.8. The summed E-state index contributed by atoms with van der Waals surface area (Å²) < 4.78 is 28.1. The summed E-state index contributed by atoms with van der Waals surface area (Å²) in [5.74, 6) is -0.315. The third-order valence-electron chi connectivity index (χ3n) is 4.48. The Morgan fingerprint density at radius 2 is 1.86 bits per heavy atom. The van der Waals surface area contributed by atoms with Gasteiger partial charge in [-0.3, -0.25) is 9.59 Å². The molecule has 0 spiro atoms. The number of aryl methyl sites for hydroxylation is 1. The fourth-order valence-corrected chi connectivity index (χ4v) is 4.73. The lowest BCUT2D eigenvalue weighted by Gasteiger charge is -2.33. The zero-order valence-electron chi connectivity index (χ0n) is 15.4. The Kier molecular flexibility index (Phi) is 6.17. The Hall–Kier alpha value is -2.23. The maximum atomic E-state index is 12.8. The third-order valence-corrected chi connectivity index (χ3v) is 6.61. The molecule has 8 nitrogen and oxygen atoms in total. The van der Waals surface area contributed by atoms with Crippen molar-refractivity contribution in [2.45, 2.75) is 24.8 Å².